The van der Waals surface area contributed by atoms with E-state index in [0.29, 0.717) is 5.69 Å². The summed E-state index contributed by atoms with van der Waals surface area (Å²) in [5.41, 5.74) is 1.34. The van der Waals surface area contributed by atoms with E-state index >= 15 is 0 Å². The number of rotatable bonds is 7. The van der Waals surface area contributed by atoms with E-state index in [1.807, 2.05) is 16.8 Å². The van der Waals surface area contributed by atoms with Crippen LogP contribution in [0.15, 0.2) is 64.4 Å². The molecule has 1 fully saturated rings. The fraction of sp³-hybridized carbons (Fsp3) is 0.211. The summed E-state index contributed by atoms with van der Waals surface area (Å²) in [6.45, 7) is 0.131. The lowest BCUT2D eigenvalue weighted by Crippen LogP contribution is -2.31. The van der Waals surface area contributed by atoms with Gasteiger partial charge in [-0.1, -0.05) is 0 Å². The summed E-state index contributed by atoms with van der Waals surface area (Å²) in [6, 6.07) is 9.18. The van der Waals surface area contributed by atoms with Crippen molar-refractivity contribution in [1.29, 1.82) is 0 Å². The molecule has 10 heteroatoms. The first-order valence-electron chi connectivity index (χ1n) is 8.92. The van der Waals surface area contributed by atoms with E-state index < -0.39 is 10.0 Å². The molecule has 0 radical (unpaired) electrons. The van der Waals surface area contributed by atoms with Crippen LogP contribution in [0.2, 0.25) is 0 Å². The summed E-state index contributed by atoms with van der Waals surface area (Å²) >= 11 is 1.53. The highest BCUT2D eigenvalue weighted by molar-refractivity contribution is 7.89. The molecule has 4 rings (SSSR count). The van der Waals surface area contributed by atoms with Gasteiger partial charge in [-0.15, -0.1) is 0 Å². The summed E-state index contributed by atoms with van der Waals surface area (Å²) in [7, 11) is -3.78. The van der Waals surface area contributed by atoms with Gasteiger partial charge in [-0.2, -0.15) is 16.4 Å². The minimum atomic E-state index is -3.78. The van der Waals surface area contributed by atoms with Crippen molar-refractivity contribution in [1.82, 2.24) is 14.5 Å². The summed E-state index contributed by atoms with van der Waals surface area (Å²) in [6.07, 6.45) is 3.79. The highest BCUT2D eigenvalue weighted by atomic mass is 32.2. The largest absolute Gasteiger partial charge is 0.274 e. The second-order valence-electron chi connectivity index (χ2n) is 6.53. The van der Waals surface area contributed by atoms with E-state index in [0.717, 1.165) is 10.5 Å². The maximum atomic E-state index is 12.8. The first-order valence-corrected chi connectivity index (χ1v) is 11.3. The van der Waals surface area contributed by atoms with Gasteiger partial charge in [0.05, 0.1) is 16.6 Å². The minimum Gasteiger partial charge on any atom is -0.274 e. The topological polar surface area (TPSA) is 101 Å². The molecular formula is C19H18N4O4S2. The predicted octanol–water partition coefficient (Wildman–Crippen LogP) is 2.17. The van der Waals surface area contributed by atoms with Crippen LogP contribution in [-0.2, 0) is 19.6 Å². The summed E-state index contributed by atoms with van der Waals surface area (Å²) in [4.78, 5) is 24.8. The summed E-state index contributed by atoms with van der Waals surface area (Å²) in [5.74, 6) is -0.553. The molecule has 3 aromatic rings. The molecule has 1 aliphatic heterocycles. The number of nitrogens with zero attached hydrogens (tertiary/aromatic N) is 3. The standard InChI is InChI=1S/C19H18N4O4S2/c24-18-6-7-19(25)23(18)15-2-4-16(5-3-15)29(26,27)21-12-17(14-8-11-28-13-14)22-10-1-9-20-22/h1-5,8-11,13,17,21H,6-7,12H2/t17-/m0/s1. The first kappa shape index (κ1) is 19.5. The van der Waals surface area contributed by atoms with Gasteiger partial charge in [-0.3, -0.25) is 19.2 Å². The van der Waals surface area contributed by atoms with Crippen molar-refractivity contribution in [2.24, 2.45) is 0 Å². The van der Waals surface area contributed by atoms with Crippen LogP contribution < -0.4 is 9.62 Å². The van der Waals surface area contributed by atoms with Gasteiger partial charge in [0.25, 0.3) is 0 Å². The van der Waals surface area contributed by atoms with E-state index in [-0.39, 0.29) is 42.1 Å². The van der Waals surface area contributed by atoms with Crippen molar-refractivity contribution in [2.45, 2.75) is 23.8 Å². The van der Waals surface area contributed by atoms with E-state index in [1.54, 1.807) is 23.1 Å². The maximum absolute atomic E-state index is 12.8. The summed E-state index contributed by atoms with van der Waals surface area (Å²) < 4.78 is 29.8. The van der Waals surface area contributed by atoms with Crippen LogP contribution in [0.1, 0.15) is 24.4 Å². The molecule has 1 saturated heterocycles. The molecule has 8 nitrogen and oxygen atoms in total. The minimum absolute atomic E-state index is 0.0601. The number of imide groups is 1. The highest BCUT2D eigenvalue weighted by Crippen LogP contribution is 2.24. The number of carbonyl (C=O) groups is 2. The zero-order valence-electron chi connectivity index (χ0n) is 15.3. The Morgan fingerprint density at radius 1 is 1.10 bits per heavy atom. The number of nitrogens with one attached hydrogen (secondary N) is 1. The number of aromatic nitrogens is 2. The van der Waals surface area contributed by atoms with Gasteiger partial charge in [0.1, 0.15) is 0 Å². The fourth-order valence-corrected chi connectivity index (χ4v) is 4.95. The van der Waals surface area contributed by atoms with Gasteiger partial charge >= 0.3 is 0 Å². The third-order valence-corrected chi connectivity index (χ3v) is 6.84. The number of sulfonamides is 1. The molecule has 1 aliphatic rings. The Morgan fingerprint density at radius 2 is 1.83 bits per heavy atom. The predicted molar refractivity (Wildman–Crippen MR) is 108 cm³/mol. The quantitative estimate of drug-likeness (QED) is 0.579. The number of benzene rings is 1. The zero-order chi connectivity index (χ0) is 20.4. The molecule has 0 spiro atoms. The molecule has 0 saturated carbocycles. The van der Waals surface area contributed by atoms with Gasteiger partial charge in [-0.25, -0.2) is 13.1 Å². The van der Waals surface area contributed by atoms with Crippen LogP contribution in [-0.4, -0.2) is 36.6 Å². The molecule has 1 atom stereocenters. The second kappa shape index (κ2) is 7.90. The normalized spacial score (nSPS) is 15.8. The molecule has 1 N–H and O–H groups in total. The van der Waals surface area contributed by atoms with Gasteiger partial charge in [0.2, 0.25) is 21.8 Å². The molecule has 0 unspecified atom stereocenters. The van der Waals surface area contributed by atoms with Crippen LogP contribution in [0.25, 0.3) is 0 Å². The van der Waals surface area contributed by atoms with E-state index in [9.17, 15) is 18.0 Å². The molecule has 29 heavy (non-hydrogen) atoms. The number of carbonyl (C=O) groups excluding carboxylic acids is 2. The van der Waals surface area contributed by atoms with Crippen LogP contribution in [0, 0.1) is 0 Å². The number of amides is 2. The number of hydrogen-bond donors (Lipinski definition) is 1. The van der Waals surface area contributed by atoms with Crippen molar-refractivity contribution in [2.75, 3.05) is 11.4 Å². The van der Waals surface area contributed by atoms with Crippen LogP contribution >= 0.6 is 11.3 Å². The third-order valence-electron chi connectivity index (χ3n) is 4.70. The van der Waals surface area contributed by atoms with Gasteiger partial charge < -0.3 is 0 Å². The molecule has 3 heterocycles. The van der Waals surface area contributed by atoms with Gasteiger partial charge in [0, 0.05) is 31.8 Å². The lowest BCUT2D eigenvalue weighted by atomic mass is 10.1. The Morgan fingerprint density at radius 3 is 2.41 bits per heavy atom. The maximum Gasteiger partial charge on any atom is 0.240 e. The molecule has 2 aromatic heterocycles. The Hall–Kier alpha value is -2.82. The molecule has 1 aromatic carbocycles. The van der Waals surface area contributed by atoms with Crippen LogP contribution in [0.5, 0.6) is 0 Å². The number of hydrogen-bond acceptors (Lipinski definition) is 6. The molecule has 150 valence electrons. The van der Waals surface area contributed by atoms with Gasteiger partial charge in [-0.05, 0) is 52.7 Å². The zero-order valence-corrected chi connectivity index (χ0v) is 16.9. The lowest BCUT2D eigenvalue weighted by Gasteiger charge is -2.18. The average Bonchev–Trinajstić information content (AvgIpc) is 3.46. The lowest BCUT2D eigenvalue weighted by molar-refractivity contribution is -0.121. The average molecular weight is 431 g/mol. The monoisotopic (exact) mass is 430 g/mol. The van der Waals surface area contributed by atoms with Crippen molar-refractivity contribution >= 4 is 38.9 Å². The molecule has 2 amide bonds. The molecule has 0 aliphatic carbocycles. The fourth-order valence-electron chi connectivity index (χ4n) is 3.20. The Bertz CT molecular complexity index is 1060. The Labute approximate surface area is 171 Å². The highest BCUT2D eigenvalue weighted by Gasteiger charge is 2.30. The van der Waals surface area contributed by atoms with Crippen molar-refractivity contribution in [3.63, 3.8) is 0 Å². The third kappa shape index (κ3) is 4.00. The Kier molecular flexibility index (Phi) is 5.31. The smallest absolute Gasteiger partial charge is 0.240 e. The number of thiophene rings is 1. The van der Waals surface area contributed by atoms with E-state index in [2.05, 4.69) is 9.82 Å². The van der Waals surface area contributed by atoms with Gasteiger partial charge in [0.15, 0.2) is 0 Å². The first-order chi connectivity index (χ1) is 14.0. The number of anilines is 1. The Balaban J connectivity index is 1.51. The van der Waals surface area contributed by atoms with Crippen LogP contribution in [0.4, 0.5) is 5.69 Å². The van der Waals surface area contributed by atoms with Crippen molar-refractivity contribution < 1.29 is 18.0 Å². The SMILES string of the molecule is O=C1CCC(=O)N1c1ccc(S(=O)(=O)NC[C@@H](c2ccsc2)n2cccn2)cc1. The van der Waals surface area contributed by atoms with E-state index in [4.69, 9.17) is 0 Å². The van der Waals surface area contributed by atoms with Crippen molar-refractivity contribution in [3.05, 3.63) is 65.1 Å². The van der Waals surface area contributed by atoms with Crippen molar-refractivity contribution in [3.8, 4) is 0 Å². The molecular weight excluding hydrogens is 412 g/mol. The summed E-state index contributed by atoms with van der Waals surface area (Å²) in [5, 5.41) is 8.12. The van der Waals surface area contributed by atoms with E-state index in [1.165, 1.54) is 35.6 Å². The van der Waals surface area contributed by atoms with Crippen LogP contribution in [0.3, 0.4) is 0 Å². The molecule has 0 bridgehead atoms. The second-order valence-corrected chi connectivity index (χ2v) is 9.07.